The first-order valence-corrected chi connectivity index (χ1v) is 6.46. The first kappa shape index (κ1) is 15.2. The van der Waals surface area contributed by atoms with Crippen LogP contribution in [0.3, 0.4) is 0 Å². The monoisotopic (exact) mass is 264 g/mol. The van der Waals surface area contributed by atoms with E-state index in [9.17, 15) is 10.1 Å². The van der Waals surface area contributed by atoms with Gasteiger partial charge in [0, 0.05) is 0 Å². The van der Waals surface area contributed by atoms with Crippen LogP contribution in [0.4, 0.5) is 5.82 Å². The fraction of sp³-hybridized carbons (Fsp3) is 0.538. The standard InChI is InChI=1S/C13H20N4O2/c14-7-3-1-2-4-8-15-9-5-6-12-10-13(16-11-12)17(18)19/h10-11,15-16H,1-4,7-9,14H2. The number of hydrogen-bond acceptors (Lipinski definition) is 4. The lowest BCUT2D eigenvalue weighted by Gasteiger charge is -1.99. The van der Waals surface area contributed by atoms with Crippen molar-refractivity contribution in [1.29, 1.82) is 0 Å². The first-order chi connectivity index (χ1) is 9.24. The molecule has 1 aromatic heterocycles. The second-order valence-electron chi connectivity index (χ2n) is 4.21. The van der Waals surface area contributed by atoms with Gasteiger partial charge in [-0.2, -0.15) is 0 Å². The van der Waals surface area contributed by atoms with E-state index in [-0.39, 0.29) is 5.82 Å². The number of rotatable bonds is 8. The summed E-state index contributed by atoms with van der Waals surface area (Å²) in [4.78, 5) is 12.5. The molecule has 1 rings (SSSR count). The van der Waals surface area contributed by atoms with E-state index in [1.807, 2.05) is 0 Å². The highest BCUT2D eigenvalue weighted by Gasteiger charge is 2.04. The van der Waals surface area contributed by atoms with Crippen molar-refractivity contribution in [1.82, 2.24) is 10.3 Å². The fourth-order valence-electron chi connectivity index (χ4n) is 1.60. The first-order valence-electron chi connectivity index (χ1n) is 6.46. The van der Waals surface area contributed by atoms with Crippen LogP contribution in [-0.4, -0.2) is 29.5 Å². The molecule has 0 atom stereocenters. The molecular weight excluding hydrogens is 244 g/mol. The Balaban J connectivity index is 2.12. The number of nitrogens with zero attached hydrogens (tertiary/aromatic N) is 1. The fourth-order valence-corrected chi connectivity index (χ4v) is 1.60. The predicted octanol–water partition coefficient (Wildman–Crippen LogP) is 1.38. The van der Waals surface area contributed by atoms with Crippen molar-refractivity contribution < 1.29 is 4.92 Å². The maximum absolute atomic E-state index is 10.4. The molecule has 0 spiro atoms. The van der Waals surface area contributed by atoms with Crippen molar-refractivity contribution in [3.05, 3.63) is 27.9 Å². The van der Waals surface area contributed by atoms with Crippen LogP contribution in [-0.2, 0) is 0 Å². The summed E-state index contributed by atoms with van der Waals surface area (Å²) >= 11 is 0. The number of nitrogens with two attached hydrogens (primary N) is 1. The maximum Gasteiger partial charge on any atom is 0.322 e. The predicted molar refractivity (Wildman–Crippen MR) is 74.7 cm³/mol. The molecule has 0 saturated carbocycles. The van der Waals surface area contributed by atoms with Gasteiger partial charge in [-0.15, -0.1) is 0 Å². The van der Waals surface area contributed by atoms with E-state index in [0.29, 0.717) is 12.1 Å². The number of nitrogens with one attached hydrogen (secondary N) is 2. The highest BCUT2D eigenvalue weighted by atomic mass is 16.6. The van der Waals surface area contributed by atoms with Gasteiger partial charge >= 0.3 is 5.82 Å². The number of nitro groups is 1. The molecule has 0 aromatic carbocycles. The third kappa shape index (κ3) is 6.60. The van der Waals surface area contributed by atoms with Crippen molar-refractivity contribution in [3.8, 4) is 11.8 Å². The summed E-state index contributed by atoms with van der Waals surface area (Å²) < 4.78 is 0. The third-order valence-electron chi connectivity index (χ3n) is 2.62. The van der Waals surface area contributed by atoms with Crippen LogP contribution in [0.1, 0.15) is 31.2 Å². The molecule has 0 amide bonds. The summed E-state index contributed by atoms with van der Waals surface area (Å²) in [6.45, 7) is 2.30. The van der Waals surface area contributed by atoms with E-state index in [1.54, 1.807) is 0 Å². The Bertz CT molecular complexity index is 445. The molecule has 6 heteroatoms. The van der Waals surface area contributed by atoms with Gasteiger partial charge in [0.05, 0.1) is 18.2 Å². The molecule has 104 valence electrons. The van der Waals surface area contributed by atoms with Crippen molar-refractivity contribution in [3.63, 3.8) is 0 Å². The van der Waals surface area contributed by atoms with Crippen LogP contribution >= 0.6 is 0 Å². The van der Waals surface area contributed by atoms with Crippen LogP contribution in [0.25, 0.3) is 0 Å². The SMILES string of the molecule is NCCCCCCNCC#Cc1c[nH]c([N+](=O)[O-])c1. The summed E-state index contributed by atoms with van der Waals surface area (Å²) in [5.41, 5.74) is 6.04. The average molecular weight is 264 g/mol. The largest absolute Gasteiger partial charge is 0.358 e. The zero-order chi connectivity index (χ0) is 13.9. The summed E-state index contributed by atoms with van der Waals surface area (Å²) in [5, 5.41) is 13.7. The van der Waals surface area contributed by atoms with Gasteiger partial charge in [-0.1, -0.05) is 24.7 Å². The molecule has 1 heterocycles. The van der Waals surface area contributed by atoms with E-state index < -0.39 is 4.92 Å². The van der Waals surface area contributed by atoms with Gasteiger partial charge < -0.3 is 21.2 Å². The molecule has 4 N–H and O–H groups in total. The van der Waals surface area contributed by atoms with Crippen molar-refractivity contribution in [2.75, 3.05) is 19.6 Å². The topological polar surface area (TPSA) is 97.0 Å². The number of hydrogen-bond donors (Lipinski definition) is 3. The van der Waals surface area contributed by atoms with Gasteiger partial charge in [0.2, 0.25) is 0 Å². The zero-order valence-corrected chi connectivity index (χ0v) is 10.9. The Morgan fingerprint density at radius 2 is 2.16 bits per heavy atom. The molecule has 6 nitrogen and oxygen atoms in total. The van der Waals surface area contributed by atoms with Crippen molar-refractivity contribution in [2.24, 2.45) is 5.73 Å². The minimum atomic E-state index is -0.467. The summed E-state index contributed by atoms with van der Waals surface area (Å²) in [5.74, 6) is 5.77. The Hall–Kier alpha value is -1.84. The van der Waals surface area contributed by atoms with Crippen LogP contribution in [0.2, 0.25) is 0 Å². The molecule has 1 aromatic rings. The van der Waals surface area contributed by atoms with E-state index in [2.05, 4.69) is 22.1 Å². The highest BCUT2D eigenvalue weighted by molar-refractivity contribution is 5.39. The second kappa shape index (κ2) is 9.14. The smallest absolute Gasteiger partial charge is 0.322 e. The van der Waals surface area contributed by atoms with Gasteiger partial charge in [0.15, 0.2) is 0 Å². The van der Waals surface area contributed by atoms with Crippen molar-refractivity contribution >= 4 is 5.82 Å². The zero-order valence-electron chi connectivity index (χ0n) is 10.9. The minimum Gasteiger partial charge on any atom is -0.358 e. The van der Waals surface area contributed by atoms with E-state index >= 15 is 0 Å². The molecule has 0 aliphatic heterocycles. The van der Waals surface area contributed by atoms with Crippen LogP contribution in [0.5, 0.6) is 0 Å². The highest BCUT2D eigenvalue weighted by Crippen LogP contribution is 2.09. The molecule has 0 radical (unpaired) electrons. The Morgan fingerprint density at radius 3 is 2.84 bits per heavy atom. The Kier molecular flexibility index (Phi) is 7.32. The van der Waals surface area contributed by atoms with Crippen molar-refractivity contribution in [2.45, 2.75) is 25.7 Å². The number of aromatic amines is 1. The lowest BCUT2D eigenvalue weighted by atomic mass is 10.2. The van der Waals surface area contributed by atoms with Gasteiger partial charge in [-0.3, -0.25) is 0 Å². The number of H-pyrrole nitrogens is 1. The summed E-state index contributed by atoms with van der Waals surface area (Å²) in [6, 6.07) is 1.43. The third-order valence-corrected chi connectivity index (χ3v) is 2.62. The molecule has 0 aliphatic rings. The van der Waals surface area contributed by atoms with E-state index in [0.717, 1.165) is 25.9 Å². The Morgan fingerprint density at radius 1 is 1.37 bits per heavy atom. The Labute approximate surface area is 112 Å². The molecule has 0 unspecified atom stereocenters. The maximum atomic E-state index is 10.4. The van der Waals surface area contributed by atoms with Crippen LogP contribution in [0.15, 0.2) is 12.3 Å². The lowest BCUT2D eigenvalue weighted by molar-refractivity contribution is -0.389. The second-order valence-corrected chi connectivity index (χ2v) is 4.21. The van der Waals surface area contributed by atoms with Crippen LogP contribution in [0, 0.1) is 22.0 Å². The summed E-state index contributed by atoms with van der Waals surface area (Å²) in [6.07, 6.45) is 6.11. The number of aromatic nitrogens is 1. The van der Waals surface area contributed by atoms with E-state index in [4.69, 9.17) is 5.73 Å². The molecular formula is C13H20N4O2. The average Bonchev–Trinajstić information content (AvgIpc) is 2.86. The quantitative estimate of drug-likeness (QED) is 0.286. The molecule has 0 bridgehead atoms. The molecule has 19 heavy (non-hydrogen) atoms. The van der Waals surface area contributed by atoms with Gasteiger partial charge in [-0.05, 0) is 30.9 Å². The van der Waals surface area contributed by atoms with E-state index in [1.165, 1.54) is 25.1 Å². The normalized spacial score (nSPS) is 9.95. The van der Waals surface area contributed by atoms with Crippen LogP contribution < -0.4 is 11.1 Å². The molecule has 0 aliphatic carbocycles. The molecule has 0 fully saturated rings. The molecule has 0 saturated heterocycles. The van der Waals surface area contributed by atoms with Gasteiger partial charge in [0.25, 0.3) is 0 Å². The number of unbranched alkanes of at least 4 members (excludes halogenated alkanes) is 3. The summed E-state index contributed by atoms with van der Waals surface area (Å²) in [7, 11) is 0. The minimum absolute atomic E-state index is 0.0304. The van der Waals surface area contributed by atoms with Gasteiger partial charge in [0.1, 0.15) is 6.20 Å². The lowest BCUT2D eigenvalue weighted by Crippen LogP contribution is -2.15. The van der Waals surface area contributed by atoms with Gasteiger partial charge in [-0.25, -0.2) is 4.98 Å².